The summed E-state index contributed by atoms with van der Waals surface area (Å²) in [6.45, 7) is 3.61. The lowest BCUT2D eigenvalue weighted by Crippen LogP contribution is -2.44. The summed E-state index contributed by atoms with van der Waals surface area (Å²) in [6.07, 6.45) is 5.84. The van der Waals surface area contributed by atoms with Crippen LogP contribution in [0.5, 0.6) is 5.75 Å². The van der Waals surface area contributed by atoms with Gasteiger partial charge in [0, 0.05) is 63.5 Å². The van der Waals surface area contributed by atoms with Crippen LogP contribution in [-0.2, 0) is 16.6 Å². The number of sulfonamides is 1. The van der Waals surface area contributed by atoms with E-state index >= 15 is 0 Å². The number of carbonyl (C=O) groups is 2. The van der Waals surface area contributed by atoms with E-state index in [9.17, 15) is 18.0 Å². The van der Waals surface area contributed by atoms with Crippen LogP contribution in [0.3, 0.4) is 0 Å². The van der Waals surface area contributed by atoms with Crippen LogP contribution < -0.4 is 14.8 Å². The Bertz CT molecular complexity index is 1670. The van der Waals surface area contributed by atoms with Crippen LogP contribution in [0.2, 0.25) is 0 Å². The van der Waals surface area contributed by atoms with Crippen molar-refractivity contribution < 1.29 is 22.7 Å². The van der Waals surface area contributed by atoms with E-state index in [2.05, 4.69) is 26.0 Å². The molecule has 6 rings (SSSR count). The van der Waals surface area contributed by atoms with Crippen molar-refractivity contribution in [2.75, 3.05) is 30.9 Å². The number of nitrogens with one attached hydrogen (secondary N) is 2. The van der Waals surface area contributed by atoms with Crippen molar-refractivity contribution in [2.24, 2.45) is 0 Å². The molecule has 0 bridgehead atoms. The third-order valence-corrected chi connectivity index (χ3v) is 10.6. The van der Waals surface area contributed by atoms with E-state index in [4.69, 9.17) is 10.00 Å². The van der Waals surface area contributed by atoms with E-state index in [1.807, 2.05) is 24.3 Å². The highest BCUT2D eigenvalue weighted by molar-refractivity contribution is 7.93. The molecule has 3 aliphatic rings. The molecule has 2 aromatic carbocycles. The number of nitrogens with zero attached hydrogens (tertiary/aromatic N) is 4. The van der Waals surface area contributed by atoms with Crippen LogP contribution >= 0.6 is 0 Å². The lowest BCUT2D eigenvalue weighted by Gasteiger charge is -2.32. The van der Waals surface area contributed by atoms with E-state index in [1.54, 1.807) is 41.3 Å². The molecule has 12 heteroatoms. The monoisotopic (exact) mass is 642 g/mol. The molecule has 2 N–H and O–H groups in total. The molecule has 2 amide bonds. The van der Waals surface area contributed by atoms with Gasteiger partial charge in [-0.3, -0.25) is 24.2 Å². The number of pyridine rings is 1. The van der Waals surface area contributed by atoms with Gasteiger partial charge in [0.1, 0.15) is 17.5 Å². The first-order valence-electron chi connectivity index (χ1n) is 15.8. The Morgan fingerprint density at radius 1 is 0.891 bits per heavy atom. The molecule has 0 atom stereocenters. The highest BCUT2D eigenvalue weighted by Gasteiger charge is 2.35. The van der Waals surface area contributed by atoms with Gasteiger partial charge < -0.3 is 15.0 Å². The number of anilines is 1. The van der Waals surface area contributed by atoms with Crippen molar-refractivity contribution >= 4 is 27.5 Å². The van der Waals surface area contributed by atoms with E-state index < -0.39 is 10.0 Å². The number of hydrogen-bond acceptors (Lipinski definition) is 8. The summed E-state index contributed by atoms with van der Waals surface area (Å²) in [5, 5.41) is 11.8. The van der Waals surface area contributed by atoms with Gasteiger partial charge in [-0.25, -0.2) is 8.42 Å². The fraction of sp³-hybridized carbons (Fsp3) is 0.412. The summed E-state index contributed by atoms with van der Waals surface area (Å²) < 4.78 is 33.0. The molecular formula is C34H38N6O5S. The van der Waals surface area contributed by atoms with Crippen LogP contribution in [-0.4, -0.2) is 78.6 Å². The minimum absolute atomic E-state index is 0.0556. The molecule has 2 aliphatic heterocycles. The fourth-order valence-electron chi connectivity index (χ4n) is 5.86. The number of aromatic nitrogens is 1. The minimum Gasteiger partial charge on any atom is -0.490 e. The molecular weight excluding hydrogens is 604 g/mol. The van der Waals surface area contributed by atoms with Crippen LogP contribution in [0, 0.1) is 11.3 Å². The zero-order chi connectivity index (χ0) is 32.1. The predicted octanol–water partition coefficient (Wildman–Crippen LogP) is 3.94. The van der Waals surface area contributed by atoms with Gasteiger partial charge in [0.15, 0.2) is 0 Å². The SMILES string of the molecule is N#Cc1ccc(CN2CCC(NC(=O)c3ccc(C(=O)N4CCC(Oc5ccc(NS(=O)(=O)C6CC6)cc5)CC4)nc3)CC2)cc1. The van der Waals surface area contributed by atoms with E-state index in [0.717, 1.165) is 32.5 Å². The van der Waals surface area contributed by atoms with Gasteiger partial charge in [-0.15, -0.1) is 0 Å². The summed E-state index contributed by atoms with van der Waals surface area (Å²) >= 11 is 0. The topological polar surface area (TPSA) is 145 Å². The first kappa shape index (κ1) is 31.5. The second-order valence-corrected chi connectivity index (χ2v) is 14.2. The Hall–Kier alpha value is -4.47. The fourth-order valence-corrected chi connectivity index (χ4v) is 7.25. The molecule has 1 aliphatic carbocycles. The summed E-state index contributed by atoms with van der Waals surface area (Å²) in [4.78, 5) is 34.4. The summed E-state index contributed by atoms with van der Waals surface area (Å²) in [6, 6.07) is 20.0. The molecule has 3 fully saturated rings. The number of hydrogen-bond donors (Lipinski definition) is 2. The standard InChI is InChI=1S/C34H38N6O5S/c35-21-24-1-3-25(4-2-24)23-39-17-13-27(14-18-39)37-33(41)26-5-12-32(36-22-26)34(42)40-19-15-30(16-20-40)45-29-8-6-28(7-9-29)38-46(43,44)31-10-11-31/h1-9,12,22,27,30-31,38H,10-11,13-20,23H2,(H,37,41). The first-order valence-corrected chi connectivity index (χ1v) is 17.4. The highest BCUT2D eigenvalue weighted by atomic mass is 32.2. The maximum absolute atomic E-state index is 13.1. The molecule has 2 saturated heterocycles. The first-order chi connectivity index (χ1) is 22.3. The van der Waals surface area contributed by atoms with Crippen molar-refractivity contribution in [3.05, 3.63) is 89.2 Å². The number of piperidine rings is 2. The van der Waals surface area contributed by atoms with E-state index in [-0.39, 0.29) is 29.2 Å². The zero-order valence-corrected chi connectivity index (χ0v) is 26.4. The van der Waals surface area contributed by atoms with Gasteiger partial charge in [0.05, 0.1) is 22.4 Å². The quantitative estimate of drug-likeness (QED) is 0.339. The molecule has 0 unspecified atom stereocenters. The number of amides is 2. The molecule has 0 spiro atoms. The van der Waals surface area contributed by atoms with E-state index in [0.29, 0.717) is 67.0 Å². The molecule has 240 valence electrons. The Balaban J connectivity index is 0.918. The average molecular weight is 643 g/mol. The van der Waals surface area contributed by atoms with Gasteiger partial charge in [-0.1, -0.05) is 12.1 Å². The second-order valence-electron chi connectivity index (χ2n) is 12.2. The predicted molar refractivity (Wildman–Crippen MR) is 173 cm³/mol. The lowest BCUT2D eigenvalue weighted by atomic mass is 10.0. The molecule has 11 nitrogen and oxygen atoms in total. The Kier molecular flexibility index (Phi) is 9.51. The van der Waals surface area contributed by atoms with Crippen molar-refractivity contribution in [3.63, 3.8) is 0 Å². The van der Waals surface area contributed by atoms with Crippen LogP contribution in [0.4, 0.5) is 5.69 Å². The number of likely N-dealkylation sites (tertiary alicyclic amines) is 2. The van der Waals surface area contributed by atoms with E-state index in [1.165, 1.54) is 11.8 Å². The number of benzene rings is 2. The number of rotatable bonds is 10. The third kappa shape index (κ3) is 8.02. The van der Waals surface area contributed by atoms with Crippen molar-refractivity contribution in [2.45, 2.75) is 62.5 Å². The largest absolute Gasteiger partial charge is 0.490 e. The maximum Gasteiger partial charge on any atom is 0.272 e. The molecule has 1 saturated carbocycles. The van der Waals surface area contributed by atoms with Crippen molar-refractivity contribution in [3.8, 4) is 11.8 Å². The molecule has 3 heterocycles. The Labute approximate surface area is 269 Å². The minimum atomic E-state index is -3.30. The average Bonchev–Trinajstić information content (AvgIpc) is 3.94. The lowest BCUT2D eigenvalue weighted by molar-refractivity contribution is 0.0589. The van der Waals surface area contributed by atoms with Gasteiger partial charge in [0.25, 0.3) is 11.8 Å². The van der Waals surface area contributed by atoms with Gasteiger partial charge >= 0.3 is 0 Å². The normalized spacial score (nSPS) is 18.0. The summed E-state index contributed by atoms with van der Waals surface area (Å²) in [5.74, 6) is 0.291. The molecule has 46 heavy (non-hydrogen) atoms. The highest BCUT2D eigenvalue weighted by Crippen LogP contribution is 2.30. The van der Waals surface area contributed by atoms with Crippen LogP contribution in [0.1, 0.15) is 70.5 Å². The molecule has 3 aromatic rings. The zero-order valence-electron chi connectivity index (χ0n) is 25.6. The summed E-state index contributed by atoms with van der Waals surface area (Å²) in [5.41, 5.74) is 3.07. The van der Waals surface area contributed by atoms with Gasteiger partial charge in [0.2, 0.25) is 10.0 Å². The van der Waals surface area contributed by atoms with Crippen LogP contribution in [0.25, 0.3) is 0 Å². The van der Waals surface area contributed by atoms with Crippen molar-refractivity contribution in [1.82, 2.24) is 20.1 Å². The van der Waals surface area contributed by atoms with Crippen molar-refractivity contribution in [1.29, 1.82) is 5.26 Å². The van der Waals surface area contributed by atoms with Crippen LogP contribution in [0.15, 0.2) is 66.9 Å². The second kappa shape index (κ2) is 13.9. The van der Waals surface area contributed by atoms with Gasteiger partial charge in [-0.2, -0.15) is 5.26 Å². The summed E-state index contributed by atoms with van der Waals surface area (Å²) in [7, 11) is -3.30. The number of carbonyl (C=O) groups excluding carboxylic acids is 2. The Morgan fingerprint density at radius 3 is 2.20 bits per heavy atom. The van der Waals surface area contributed by atoms with Gasteiger partial charge in [-0.05, 0) is 79.8 Å². The number of nitriles is 1. The number of ether oxygens (including phenoxy) is 1. The smallest absolute Gasteiger partial charge is 0.272 e. The maximum atomic E-state index is 13.1. The Morgan fingerprint density at radius 2 is 1.59 bits per heavy atom. The third-order valence-electron chi connectivity index (χ3n) is 8.77. The molecule has 0 radical (unpaired) electrons. The molecule has 1 aromatic heterocycles.